The molecule has 3 nitrogen and oxygen atoms in total. The molecule has 0 unspecified atom stereocenters. The average molecular weight is 333 g/mol. The van der Waals surface area contributed by atoms with Gasteiger partial charge in [0.05, 0.1) is 7.11 Å². The fraction of sp³-hybridized carbons (Fsp3) is 0.182. The molecule has 3 heteroatoms. The van der Waals surface area contributed by atoms with E-state index in [-0.39, 0.29) is 6.04 Å². The van der Waals surface area contributed by atoms with E-state index in [1.165, 1.54) is 5.56 Å². The van der Waals surface area contributed by atoms with Crippen LogP contribution in [0.1, 0.15) is 24.1 Å². The average Bonchev–Trinajstić information content (AvgIpc) is 2.68. The monoisotopic (exact) mass is 333 g/mol. The van der Waals surface area contributed by atoms with E-state index in [9.17, 15) is 0 Å². The number of ether oxygens (including phenoxy) is 2. The zero-order valence-electron chi connectivity index (χ0n) is 14.6. The number of anilines is 1. The van der Waals surface area contributed by atoms with Crippen LogP contribution in [0.2, 0.25) is 0 Å². The minimum absolute atomic E-state index is 0.175. The van der Waals surface area contributed by atoms with E-state index >= 15 is 0 Å². The van der Waals surface area contributed by atoms with Gasteiger partial charge in [0.25, 0.3) is 0 Å². The third kappa shape index (κ3) is 4.77. The molecule has 0 saturated carbocycles. The second-order valence-corrected chi connectivity index (χ2v) is 5.94. The van der Waals surface area contributed by atoms with E-state index in [2.05, 4.69) is 36.5 Å². The van der Waals surface area contributed by atoms with Crippen LogP contribution in [0.25, 0.3) is 0 Å². The van der Waals surface area contributed by atoms with Crippen LogP contribution in [-0.4, -0.2) is 7.11 Å². The Morgan fingerprint density at radius 2 is 1.60 bits per heavy atom. The van der Waals surface area contributed by atoms with Crippen molar-refractivity contribution < 1.29 is 9.47 Å². The quantitative estimate of drug-likeness (QED) is 0.624. The fourth-order valence-electron chi connectivity index (χ4n) is 2.64. The van der Waals surface area contributed by atoms with Gasteiger partial charge in [-0.1, -0.05) is 42.5 Å². The Balaban J connectivity index is 1.63. The number of benzene rings is 3. The van der Waals surface area contributed by atoms with Gasteiger partial charge in [-0.25, -0.2) is 0 Å². The van der Waals surface area contributed by atoms with Gasteiger partial charge in [-0.05, 0) is 54.4 Å². The molecule has 0 aromatic heterocycles. The maximum absolute atomic E-state index is 5.92. The number of methoxy groups -OCH3 is 1. The van der Waals surface area contributed by atoms with Gasteiger partial charge in [0.2, 0.25) is 0 Å². The zero-order chi connectivity index (χ0) is 17.5. The molecule has 0 fully saturated rings. The molecule has 0 aliphatic heterocycles. The van der Waals surface area contributed by atoms with Gasteiger partial charge < -0.3 is 14.8 Å². The Morgan fingerprint density at radius 1 is 0.840 bits per heavy atom. The second-order valence-electron chi connectivity index (χ2n) is 5.94. The van der Waals surface area contributed by atoms with Crippen LogP contribution < -0.4 is 14.8 Å². The lowest BCUT2D eigenvalue weighted by Gasteiger charge is -2.17. The first-order valence-electron chi connectivity index (χ1n) is 8.42. The molecule has 0 aliphatic carbocycles. The highest BCUT2D eigenvalue weighted by molar-refractivity contribution is 5.48. The summed E-state index contributed by atoms with van der Waals surface area (Å²) >= 11 is 0. The van der Waals surface area contributed by atoms with Gasteiger partial charge in [-0.2, -0.15) is 0 Å². The van der Waals surface area contributed by atoms with E-state index in [4.69, 9.17) is 9.47 Å². The van der Waals surface area contributed by atoms with Gasteiger partial charge in [0, 0.05) is 11.7 Å². The maximum Gasteiger partial charge on any atom is 0.120 e. The van der Waals surface area contributed by atoms with Crippen molar-refractivity contribution in [1.82, 2.24) is 0 Å². The number of hydrogen-bond acceptors (Lipinski definition) is 3. The van der Waals surface area contributed by atoms with Gasteiger partial charge in [-0.3, -0.25) is 0 Å². The smallest absolute Gasteiger partial charge is 0.120 e. The molecule has 25 heavy (non-hydrogen) atoms. The molecular formula is C22H23NO2. The van der Waals surface area contributed by atoms with Gasteiger partial charge >= 0.3 is 0 Å². The van der Waals surface area contributed by atoms with Crippen LogP contribution in [0, 0.1) is 0 Å². The molecule has 0 spiro atoms. The summed E-state index contributed by atoms with van der Waals surface area (Å²) in [5, 5.41) is 3.50. The van der Waals surface area contributed by atoms with Crippen molar-refractivity contribution in [2.75, 3.05) is 12.4 Å². The van der Waals surface area contributed by atoms with Crippen LogP contribution in [0.4, 0.5) is 5.69 Å². The summed E-state index contributed by atoms with van der Waals surface area (Å²) in [5.74, 6) is 1.74. The molecule has 0 heterocycles. The van der Waals surface area contributed by atoms with Crippen LogP contribution in [0.15, 0.2) is 78.9 Å². The van der Waals surface area contributed by atoms with Crippen molar-refractivity contribution in [3.63, 3.8) is 0 Å². The Hall–Kier alpha value is -2.94. The van der Waals surface area contributed by atoms with E-state index in [0.29, 0.717) is 6.61 Å². The predicted molar refractivity (Wildman–Crippen MR) is 102 cm³/mol. The molecule has 1 N–H and O–H groups in total. The summed E-state index contributed by atoms with van der Waals surface area (Å²) < 4.78 is 11.1. The minimum atomic E-state index is 0.175. The number of hydrogen-bond donors (Lipinski definition) is 1. The maximum atomic E-state index is 5.92. The van der Waals surface area contributed by atoms with Crippen molar-refractivity contribution in [2.24, 2.45) is 0 Å². The predicted octanol–water partition coefficient (Wildman–Crippen LogP) is 5.45. The van der Waals surface area contributed by atoms with Gasteiger partial charge in [-0.15, -0.1) is 0 Å². The third-order valence-electron chi connectivity index (χ3n) is 4.08. The highest BCUT2D eigenvalue weighted by Crippen LogP contribution is 2.24. The lowest BCUT2D eigenvalue weighted by Crippen LogP contribution is -2.06. The van der Waals surface area contributed by atoms with Crippen LogP contribution >= 0.6 is 0 Å². The number of nitrogens with one attached hydrogen (secondary N) is 1. The molecule has 0 radical (unpaired) electrons. The largest absolute Gasteiger partial charge is 0.497 e. The van der Waals surface area contributed by atoms with Crippen molar-refractivity contribution in [3.8, 4) is 11.5 Å². The molecule has 3 aromatic carbocycles. The third-order valence-corrected chi connectivity index (χ3v) is 4.08. The first kappa shape index (κ1) is 16.9. The van der Waals surface area contributed by atoms with Crippen LogP contribution in [0.3, 0.4) is 0 Å². The molecular weight excluding hydrogens is 310 g/mol. The van der Waals surface area contributed by atoms with Crippen molar-refractivity contribution >= 4 is 5.69 Å². The topological polar surface area (TPSA) is 30.5 Å². The molecule has 1 atom stereocenters. The van der Waals surface area contributed by atoms with Gasteiger partial charge in [0.15, 0.2) is 0 Å². The molecule has 0 bridgehead atoms. The summed E-state index contributed by atoms with van der Waals surface area (Å²) in [7, 11) is 1.67. The van der Waals surface area contributed by atoms with Crippen molar-refractivity contribution in [2.45, 2.75) is 19.6 Å². The summed E-state index contributed by atoms with van der Waals surface area (Å²) in [6.45, 7) is 2.71. The van der Waals surface area contributed by atoms with Crippen molar-refractivity contribution in [3.05, 3.63) is 90.0 Å². The molecule has 3 aromatic rings. The number of rotatable bonds is 7. The highest BCUT2D eigenvalue weighted by Gasteiger charge is 2.07. The minimum Gasteiger partial charge on any atom is -0.497 e. The van der Waals surface area contributed by atoms with E-state index in [1.54, 1.807) is 7.11 Å². The Kier molecular flexibility index (Phi) is 5.57. The molecule has 3 rings (SSSR count). The normalized spacial score (nSPS) is 11.6. The molecule has 128 valence electrons. The zero-order valence-corrected chi connectivity index (χ0v) is 14.6. The van der Waals surface area contributed by atoms with E-state index in [0.717, 1.165) is 22.7 Å². The van der Waals surface area contributed by atoms with Crippen LogP contribution in [-0.2, 0) is 6.61 Å². The standard InChI is InChI=1S/C22H23NO2/c1-17(23-20-11-13-21(24-2)14-12-20)19-9-6-10-22(15-19)25-16-18-7-4-3-5-8-18/h3-15,17,23H,16H2,1-2H3/t17-/m0/s1. The van der Waals surface area contributed by atoms with E-state index in [1.807, 2.05) is 54.6 Å². The van der Waals surface area contributed by atoms with Gasteiger partial charge in [0.1, 0.15) is 18.1 Å². The summed E-state index contributed by atoms with van der Waals surface area (Å²) in [6.07, 6.45) is 0. The molecule has 0 amide bonds. The van der Waals surface area contributed by atoms with E-state index < -0.39 is 0 Å². The van der Waals surface area contributed by atoms with Crippen LogP contribution in [0.5, 0.6) is 11.5 Å². The Morgan fingerprint density at radius 3 is 2.32 bits per heavy atom. The SMILES string of the molecule is COc1ccc(N[C@@H](C)c2cccc(OCc3ccccc3)c2)cc1. The molecule has 0 aliphatic rings. The lowest BCUT2D eigenvalue weighted by atomic mass is 10.1. The highest BCUT2D eigenvalue weighted by atomic mass is 16.5. The summed E-state index contributed by atoms with van der Waals surface area (Å²) in [6, 6.07) is 26.5. The molecule has 0 saturated heterocycles. The first-order chi connectivity index (χ1) is 12.2. The van der Waals surface area contributed by atoms with Crippen molar-refractivity contribution in [1.29, 1.82) is 0 Å². The Labute approximate surface area is 149 Å². The first-order valence-corrected chi connectivity index (χ1v) is 8.42. The summed E-state index contributed by atoms with van der Waals surface area (Å²) in [4.78, 5) is 0. The second kappa shape index (κ2) is 8.25. The fourth-order valence-corrected chi connectivity index (χ4v) is 2.64. The Bertz CT molecular complexity index is 785. The lowest BCUT2D eigenvalue weighted by molar-refractivity contribution is 0.306. The summed E-state index contributed by atoms with van der Waals surface area (Å²) in [5.41, 5.74) is 3.41.